The Bertz CT molecular complexity index is 1160. The molecular weight excluding hydrogens is 380 g/mol. The minimum atomic E-state index is -0.0853. The maximum atomic E-state index is 12.2. The fraction of sp³-hybridized carbons (Fsp3) is 0.273. The fourth-order valence-electron chi connectivity index (χ4n) is 3.68. The number of oxazole rings is 1. The second-order valence-electron chi connectivity index (χ2n) is 7.31. The second kappa shape index (κ2) is 8.08. The standard InChI is InChI=1S/C22H22N6O2/c29-21-6-5-18(17-7-9-23-10-8-17)25-28(21)16-13-26-11-14-27(15-12-26)22-24-19-3-1-2-4-20(19)30-22/h1-10H,11-16H2. The summed E-state index contributed by atoms with van der Waals surface area (Å²) >= 11 is 0. The van der Waals surface area contributed by atoms with Crippen LogP contribution in [0.5, 0.6) is 0 Å². The molecular formula is C22H22N6O2. The highest BCUT2D eigenvalue weighted by Crippen LogP contribution is 2.22. The lowest BCUT2D eigenvalue weighted by molar-refractivity contribution is 0.239. The zero-order valence-electron chi connectivity index (χ0n) is 16.5. The van der Waals surface area contributed by atoms with Crippen LogP contribution in [0.15, 0.2) is 70.1 Å². The van der Waals surface area contributed by atoms with Crippen LogP contribution in [0.25, 0.3) is 22.4 Å². The van der Waals surface area contributed by atoms with Gasteiger partial charge in [-0.25, -0.2) is 4.68 Å². The van der Waals surface area contributed by atoms with Gasteiger partial charge in [0.15, 0.2) is 5.58 Å². The molecule has 4 aromatic rings. The van der Waals surface area contributed by atoms with Crippen LogP contribution in [0.2, 0.25) is 0 Å². The predicted molar refractivity (Wildman–Crippen MR) is 114 cm³/mol. The first-order valence-electron chi connectivity index (χ1n) is 10.1. The lowest BCUT2D eigenvalue weighted by Crippen LogP contribution is -2.47. The molecule has 0 radical (unpaired) electrons. The molecule has 8 nitrogen and oxygen atoms in total. The number of para-hydroxylation sites is 2. The minimum Gasteiger partial charge on any atom is -0.423 e. The van der Waals surface area contributed by atoms with Crippen molar-refractivity contribution in [3.05, 3.63) is 71.3 Å². The summed E-state index contributed by atoms with van der Waals surface area (Å²) in [6.45, 7) is 4.78. The Morgan fingerprint density at radius 1 is 0.900 bits per heavy atom. The average Bonchev–Trinajstić information content (AvgIpc) is 3.24. The molecule has 1 aliphatic rings. The average molecular weight is 402 g/mol. The van der Waals surface area contributed by atoms with Crippen molar-refractivity contribution in [2.45, 2.75) is 6.54 Å². The summed E-state index contributed by atoms with van der Waals surface area (Å²) in [6.07, 6.45) is 3.45. The molecule has 1 fully saturated rings. The summed E-state index contributed by atoms with van der Waals surface area (Å²) in [4.78, 5) is 25.4. The molecule has 0 spiro atoms. The highest BCUT2D eigenvalue weighted by Gasteiger charge is 2.21. The first-order chi connectivity index (χ1) is 14.8. The summed E-state index contributed by atoms with van der Waals surface area (Å²) in [6, 6.07) is 15.6. The number of anilines is 1. The maximum absolute atomic E-state index is 12.2. The van der Waals surface area contributed by atoms with Gasteiger partial charge in [-0.1, -0.05) is 12.1 Å². The van der Waals surface area contributed by atoms with Gasteiger partial charge < -0.3 is 9.32 Å². The molecule has 1 aromatic carbocycles. The third-order valence-corrected chi connectivity index (χ3v) is 5.40. The van der Waals surface area contributed by atoms with E-state index in [0.717, 1.165) is 55.1 Å². The Labute approximate surface area is 173 Å². The molecule has 0 bridgehead atoms. The van der Waals surface area contributed by atoms with Gasteiger partial charge in [-0.3, -0.25) is 14.7 Å². The Balaban J connectivity index is 1.21. The first-order valence-corrected chi connectivity index (χ1v) is 10.1. The summed E-state index contributed by atoms with van der Waals surface area (Å²) < 4.78 is 7.42. The van der Waals surface area contributed by atoms with Crippen LogP contribution in [-0.2, 0) is 6.54 Å². The van der Waals surface area contributed by atoms with E-state index >= 15 is 0 Å². The summed E-state index contributed by atoms with van der Waals surface area (Å²) in [7, 11) is 0. The van der Waals surface area contributed by atoms with Crippen molar-refractivity contribution >= 4 is 17.1 Å². The lowest BCUT2D eigenvalue weighted by Gasteiger charge is -2.33. The van der Waals surface area contributed by atoms with E-state index in [-0.39, 0.29) is 5.56 Å². The van der Waals surface area contributed by atoms with E-state index in [9.17, 15) is 4.79 Å². The maximum Gasteiger partial charge on any atom is 0.298 e. The quantitative estimate of drug-likeness (QED) is 0.507. The smallest absolute Gasteiger partial charge is 0.298 e. The third kappa shape index (κ3) is 3.81. The van der Waals surface area contributed by atoms with Gasteiger partial charge in [-0.2, -0.15) is 10.1 Å². The molecule has 0 aliphatic carbocycles. The Morgan fingerprint density at radius 3 is 2.50 bits per heavy atom. The largest absolute Gasteiger partial charge is 0.423 e. The molecule has 0 unspecified atom stereocenters. The van der Waals surface area contributed by atoms with Crippen molar-refractivity contribution in [2.24, 2.45) is 0 Å². The number of hydrogen-bond acceptors (Lipinski definition) is 7. The van der Waals surface area contributed by atoms with E-state index in [0.29, 0.717) is 12.6 Å². The van der Waals surface area contributed by atoms with Crippen LogP contribution in [0.4, 0.5) is 6.01 Å². The van der Waals surface area contributed by atoms with Crippen molar-refractivity contribution in [2.75, 3.05) is 37.6 Å². The molecule has 0 atom stereocenters. The van der Waals surface area contributed by atoms with Gasteiger partial charge in [0, 0.05) is 56.7 Å². The van der Waals surface area contributed by atoms with Crippen LogP contribution >= 0.6 is 0 Å². The number of piperazine rings is 1. The third-order valence-electron chi connectivity index (χ3n) is 5.40. The highest BCUT2D eigenvalue weighted by atomic mass is 16.4. The normalized spacial score (nSPS) is 15.0. The van der Waals surface area contributed by atoms with Crippen LogP contribution in [0.1, 0.15) is 0 Å². The van der Waals surface area contributed by atoms with Crippen molar-refractivity contribution in [1.82, 2.24) is 24.6 Å². The van der Waals surface area contributed by atoms with E-state index in [1.165, 1.54) is 0 Å². The number of rotatable bonds is 5. The molecule has 4 heterocycles. The van der Waals surface area contributed by atoms with Crippen molar-refractivity contribution in [1.29, 1.82) is 0 Å². The van der Waals surface area contributed by atoms with Crippen molar-refractivity contribution < 1.29 is 4.42 Å². The van der Waals surface area contributed by atoms with Crippen LogP contribution < -0.4 is 10.5 Å². The van der Waals surface area contributed by atoms with E-state index in [4.69, 9.17) is 4.42 Å². The van der Waals surface area contributed by atoms with E-state index < -0.39 is 0 Å². The number of hydrogen-bond donors (Lipinski definition) is 0. The number of benzene rings is 1. The number of nitrogens with zero attached hydrogens (tertiary/aromatic N) is 6. The fourth-order valence-corrected chi connectivity index (χ4v) is 3.68. The van der Waals surface area contributed by atoms with Crippen LogP contribution in [0.3, 0.4) is 0 Å². The number of fused-ring (bicyclic) bond motifs is 1. The number of pyridine rings is 1. The van der Waals surface area contributed by atoms with Crippen molar-refractivity contribution in [3.63, 3.8) is 0 Å². The minimum absolute atomic E-state index is 0.0853. The van der Waals surface area contributed by atoms with E-state index in [2.05, 4.69) is 24.9 Å². The summed E-state index contributed by atoms with van der Waals surface area (Å²) in [5, 5.41) is 4.53. The van der Waals surface area contributed by atoms with Gasteiger partial charge in [-0.15, -0.1) is 0 Å². The first kappa shape index (κ1) is 18.5. The zero-order valence-corrected chi connectivity index (χ0v) is 16.5. The topological polar surface area (TPSA) is 80.3 Å². The lowest BCUT2D eigenvalue weighted by atomic mass is 10.2. The molecule has 0 N–H and O–H groups in total. The Morgan fingerprint density at radius 2 is 1.70 bits per heavy atom. The van der Waals surface area contributed by atoms with Gasteiger partial charge in [-0.05, 0) is 30.3 Å². The monoisotopic (exact) mass is 402 g/mol. The summed E-state index contributed by atoms with van der Waals surface area (Å²) in [5.41, 5.74) is 3.34. The van der Waals surface area contributed by atoms with Gasteiger partial charge in [0.25, 0.3) is 11.6 Å². The van der Waals surface area contributed by atoms with Crippen LogP contribution in [0, 0.1) is 0 Å². The molecule has 1 aliphatic heterocycles. The molecule has 3 aromatic heterocycles. The molecule has 0 amide bonds. The van der Waals surface area contributed by atoms with Crippen LogP contribution in [-0.4, -0.2) is 57.4 Å². The molecule has 152 valence electrons. The Hall–Kier alpha value is -3.52. The molecule has 1 saturated heterocycles. The number of aromatic nitrogens is 4. The highest BCUT2D eigenvalue weighted by molar-refractivity contribution is 5.74. The molecule has 8 heteroatoms. The Kier molecular flexibility index (Phi) is 4.98. The predicted octanol–water partition coefficient (Wildman–Crippen LogP) is 2.27. The van der Waals surface area contributed by atoms with Gasteiger partial charge in [0.2, 0.25) is 0 Å². The second-order valence-corrected chi connectivity index (χ2v) is 7.31. The zero-order chi connectivity index (χ0) is 20.3. The van der Waals surface area contributed by atoms with Gasteiger partial charge in [0.1, 0.15) is 5.52 Å². The van der Waals surface area contributed by atoms with E-state index in [1.54, 1.807) is 29.2 Å². The molecule has 5 rings (SSSR count). The van der Waals surface area contributed by atoms with Crippen molar-refractivity contribution in [3.8, 4) is 11.3 Å². The van der Waals surface area contributed by atoms with Gasteiger partial charge in [0.05, 0.1) is 12.2 Å². The molecule has 0 saturated carbocycles. The SMILES string of the molecule is O=c1ccc(-c2ccncc2)nn1CCN1CCN(c2nc3ccccc3o2)CC1. The summed E-state index contributed by atoms with van der Waals surface area (Å²) in [5.74, 6) is 0. The molecule has 30 heavy (non-hydrogen) atoms. The van der Waals surface area contributed by atoms with E-state index in [1.807, 2.05) is 36.4 Å². The van der Waals surface area contributed by atoms with Gasteiger partial charge >= 0.3 is 0 Å².